The third-order valence-corrected chi connectivity index (χ3v) is 2.89. The molecule has 0 amide bonds. The minimum absolute atomic E-state index is 0.485. The fraction of sp³-hybridized carbons (Fsp3) is 1.00. The minimum atomic E-state index is 0.485. The van der Waals surface area contributed by atoms with Crippen molar-refractivity contribution in [1.29, 1.82) is 0 Å². The van der Waals surface area contributed by atoms with E-state index >= 15 is 0 Å². The standard InChI is InChI=1S/C11H22O2S/c1-10-3-2-4-11(9-10)13-6-5-12-7-8-14/h10-11,14H,2-9H2,1H3. The van der Waals surface area contributed by atoms with Crippen molar-refractivity contribution < 1.29 is 9.47 Å². The summed E-state index contributed by atoms with van der Waals surface area (Å²) in [5.74, 6) is 1.63. The van der Waals surface area contributed by atoms with Gasteiger partial charge < -0.3 is 9.47 Å². The Morgan fingerprint density at radius 3 is 2.79 bits per heavy atom. The summed E-state index contributed by atoms with van der Waals surface area (Å²) in [5.41, 5.74) is 0. The Bertz CT molecular complexity index is 141. The van der Waals surface area contributed by atoms with Crippen LogP contribution in [0.2, 0.25) is 0 Å². The molecule has 1 saturated carbocycles. The first-order chi connectivity index (χ1) is 6.83. The lowest BCUT2D eigenvalue weighted by atomic mass is 9.89. The first-order valence-corrected chi connectivity index (χ1v) is 6.26. The average Bonchev–Trinajstić information content (AvgIpc) is 2.18. The molecule has 1 aliphatic carbocycles. The molecule has 2 unspecified atom stereocenters. The number of ether oxygens (including phenoxy) is 2. The van der Waals surface area contributed by atoms with Gasteiger partial charge >= 0.3 is 0 Å². The van der Waals surface area contributed by atoms with Gasteiger partial charge in [0, 0.05) is 5.75 Å². The molecule has 84 valence electrons. The first kappa shape index (κ1) is 12.3. The second-order valence-electron chi connectivity index (χ2n) is 4.10. The quantitative estimate of drug-likeness (QED) is 0.545. The van der Waals surface area contributed by atoms with Gasteiger partial charge in [-0.2, -0.15) is 12.6 Å². The summed E-state index contributed by atoms with van der Waals surface area (Å²) in [6, 6.07) is 0. The number of hydrogen-bond acceptors (Lipinski definition) is 3. The van der Waals surface area contributed by atoms with Crippen LogP contribution in [0.25, 0.3) is 0 Å². The second-order valence-corrected chi connectivity index (χ2v) is 4.55. The molecule has 1 rings (SSSR count). The third kappa shape index (κ3) is 5.23. The smallest absolute Gasteiger partial charge is 0.0704 e. The lowest BCUT2D eigenvalue weighted by molar-refractivity contribution is -0.0158. The highest BCUT2D eigenvalue weighted by Gasteiger charge is 2.18. The van der Waals surface area contributed by atoms with E-state index in [1.54, 1.807) is 0 Å². The van der Waals surface area contributed by atoms with Gasteiger partial charge in [0.25, 0.3) is 0 Å². The zero-order valence-corrected chi connectivity index (χ0v) is 9.97. The molecule has 0 aromatic rings. The maximum Gasteiger partial charge on any atom is 0.0704 e. The highest BCUT2D eigenvalue weighted by atomic mass is 32.1. The van der Waals surface area contributed by atoms with Crippen LogP contribution in [0, 0.1) is 5.92 Å². The van der Waals surface area contributed by atoms with E-state index in [-0.39, 0.29) is 0 Å². The molecule has 3 heteroatoms. The van der Waals surface area contributed by atoms with Crippen LogP contribution in [0.1, 0.15) is 32.6 Å². The monoisotopic (exact) mass is 218 g/mol. The lowest BCUT2D eigenvalue weighted by Crippen LogP contribution is -2.23. The first-order valence-electron chi connectivity index (χ1n) is 5.63. The molecule has 2 atom stereocenters. The molecule has 0 radical (unpaired) electrons. The van der Waals surface area contributed by atoms with Crippen LogP contribution < -0.4 is 0 Å². The van der Waals surface area contributed by atoms with Crippen molar-refractivity contribution >= 4 is 12.6 Å². The van der Waals surface area contributed by atoms with E-state index in [1.807, 2.05) is 0 Å². The van der Waals surface area contributed by atoms with Crippen molar-refractivity contribution in [3.63, 3.8) is 0 Å². The van der Waals surface area contributed by atoms with Crippen molar-refractivity contribution in [1.82, 2.24) is 0 Å². The Hall–Kier alpha value is 0.270. The van der Waals surface area contributed by atoms with Gasteiger partial charge in [0.05, 0.1) is 25.9 Å². The van der Waals surface area contributed by atoms with Crippen molar-refractivity contribution in [2.24, 2.45) is 5.92 Å². The van der Waals surface area contributed by atoms with E-state index in [2.05, 4.69) is 19.6 Å². The number of hydrogen-bond donors (Lipinski definition) is 1. The molecule has 2 nitrogen and oxygen atoms in total. The summed E-state index contributed by atoms with van der Waals surface area (Å²) in [7, 11) is 0. The molecular formula is C11H22O2S. The van der Waals surface area contributed by atoms with E-state index in [0.717, 1.165) is 24.9 Å². The number of rotatable bonds is 6. The molecule has 0 spiro atoms. The summed E-state index contributed by atoms with van der Waals surface area (Å²) >= 11 is 4.07. The van der Waals surface area contributed by atoms with Gasteiger partial charge in [0.2, 0.25) is 0 Å². The lowest BCUT2D eigenvalue weighted by Gasteiger charge is -2.26. The van der Waals surface area contributed by atoms with Gasteiger partial charge in [0.15, 0.2) is 0 Å². The van der Waals surface area contributed by atoms with E-state index in [0.29, 0.717) is 12.7 Å². The van der Waals surface area contributed by atoms with E-state index in [9.17, 15) is 0 Å². The van der Waals surface area contributed by atoms with Gasteiger partial charge in [0.1, 0.15) is 0 Å². The fourth-order valence-electron chi connectivity index (χ4n) is 1.97. The van der Waals surface area contributed by atoms with Gasteiger partial charge in [-0.25, -0.2) is 0 Å². The average molecular weight is 218 g/mol. The van der Waals surface area contributed by atoms with Gasteiger partial charge in [-0.05, 0) is 18.8 Å². The topological polar surface area (TPSA) is 18.5 Å². The summed E-state index contributed by atoms with van der Waals surface area (Å²) in [4.78, 5) is 0. The van der Waals surface area contributed by atoms with Crippen LogP contribution in [0.4, 0.5) is 0 Å². The van der Waals surface area contributed by atoms with E-state index in [4.69, 9.17) is 9.47 Å². The van der Waals surface area contributed by atoms with Crippen molar-refractivity contribution in [2.75, 3.05) is 25.6 Å². The second kappa shape index (κ2) is 7.55. The van der Waals surface area contributed by atoms with Crippen LogP contribution in [0.3, 0.4) is 0 Å². The Morgan fingerprint density at radius 1 is 1.21 bits per heavy atom. The SMILES string of the molecule is CC1CCCC(OCCOCCS)C1. The van der Waals surface area contributed by atoms with Gasteiger partial charge in [-0.15, -0.1) is 0 Å². The summed E-state index contributed by atoms with van der Waals surface area (Å²) in [5, 5.41) is 0. The molecule has 14 heavy (non-hydrogen) atoms. The summed E-state index contributed by atoms with van der Waals surface area (Å²) < 4.78 is 11.0. The maximum absolute atomic E-state index is 5.75. The predicted octanol–water partition coefficient (Wildman–Crippen LogP) is 2.53. The number of thiol groups is 1. The minimum Gasteiger partial charge on any atom is -0.378 e. The highest BCUT2D eigenvalue weighted by molar-refractivity contribution is 7.80. The Balaban J connectivity index is 1.95. The van der Waals surface area contributed by atoms with Crippen molar-refractivity contribution in [3.05, 3.63) is 0 Å². The summed E-state index contributed by atoms with van der Waals surface area (Å²) in [6.07, 6.45) is 5.64. The van der Waals surface area contributed by atoms with E-state index in [1.165, 1.54) is 25.7 Å². The van der Waals surface area contributed by atoms with Crippen LogP contribution in [0.5, 0.6) is 0 Å². The van der Waals surface area contributed by atoms with Crippen molar-refractivity contribution in [2.45, 2.75) is 38.7 Å². The molecule has 0 heterocycles. The van der Waals surface area contributed by atoms with Crippen LogP contribution >= 0.6 is 12.6 Å². The zero-order valence-electron chi connectivity index (χ0n) is 9.08. The van der Waals surface area contributed by atoms with Gasteiger partial charge in [-0.1, -0.05) is 19.8 Å². The third-order valence-electron chi connectivity index (χ3n) is 2.71. The molecule has 0 N–H and O–H groups in total. The van der Waals surface area contributed by atoms with Crippen LogP contribution in [-0.4, -0.2) is 31.7 Å². The maximum atomic E-state index is 5.75. The molecule has 0 saturated heterocycles. The van der Waals surface area contributed by atoms with Gasteiger partial charge in [-0.3, -0.25) is 0 Å². The normalized spacial score (nSPS) is 27.9. The Labute approximate surface area is 92.8 Å². The molecule has 1 aliphatic rings. The Kier molecular flexibility index (Phi) is 6.65. The largest absolute Gasteiger partial charge is 0.378 e. The zero-order chi connectivity index (χ0) is 10.2. The molecule has 1 fully saturated rings. The van der Waals surface area contributed by atoms with Crippen molar-refractivity contribution in [3.8, 4) is 0 Å². The highest BCUT2D eigenvalue weighted by Crippen LogP contribution is 2.25. The predicted molar refractivity (Wildman–Crippen MR) is 62.0 cm³/mol. The van der Waals surface area contributed by atoms with Crippen LogP contribution in [-0.2, 0) is 9.47 Å². The van der Waals surface area contributed by atoms with Crippen LogP contribution in [0.15, 0.2) is 0 Å². The fourth-order valence-corrected chi connectivity index (χ4v) is 2.10. The molecule has 0 aromatic heterocycles. The Morgan fingerprint density at radius 2 is 2.07 bits per heavy atom. The molecule has 0 aromatic carbocycles. The molecule has 0 bridgehead atoms. The van der Waals surface area contributed by atoms with E-state index < -0.39 is 0 Å². The molecular weight excluding hydrogens is 196 g/mol. The molecule has 0 aliphatic heterocycles. The summed E-state index contributed by atoms with van der Waals surface area (Å²) in [6.45, 7) is 4.50.